The highest BCUT2D eigenvalue weighted by molar-refractivity contribution is 6.58. The Morgan fingerprint density at radius 3 is 1.34 bits per heavy atom. The number of benzene rings is 3. The first-order valence-corrected chi connectivity index (χ1v) is 11.3. The monoisotopic (exact) mass is 433 g/mol. The lowest BCUT2D eigenvalue weighted by molar-refractivity contribution is 0.309. The smallest absolute Gasteiger partial charge is 0.488 e. The Morgan fingerprint density at radius 2 is 1.00 bits per heavy atom. The summed E-state index contributed by atoms with van der Waals surface area (Å²) in [4.78, 5) is 2.11. The number of rotatable bonds is 12. The van der Waals surface area contributed by atoms with E-state index in [1.54, 1.807) is 12.1 Å². The standard InChI is InChI=1S/C26H32BNO4/c1-3-5-19-31-25-15-11-23(12-16-25)28(22-9-7-21(8-10-22)27(29)30)24-13-17-26(18-14-24)32-20-6-4-2/h7-18,29-30H,3-6,19-20H2,1-2H3. The van der Waals surface area contributed by atoms with E-state index >= 15 is 0 Å². The third kappa shape index (κ3) is 6.52. The van der Waals surface area contributed by atoms with Crippen molar-refractivity contribution in [2.75, 3.05) is 18.1 Å². The van der Waals surface area contributed by atoms with Crippen LogP contribution in [0.15, 0.2) is 72.8 Å². The van der Waals surface area contributed by atoms with Crippen molar-refractivity contribution >= 4 is 29.6 Å². The van der Waals surface area contributed by atoms with Crippen LogP contribution >= 0.6 is 0 Å². The maximum atomic E-state index is 9.44. The first kappa shape index (κ1) is 23.7. The van der Waals surface area contributed by atoms with E-state index in [0.717, 1.165) is 54.2 Å². The van der Waals surface area contributed by atoms with Crippen LogP contribution in [-0.4, -0.2) is 30.4 Å². The molecule has 0 bridgehead atoms. The molecule has 0 heterocycles. The second-order valence-corrected chi connectivity index (χ2v) is 7.69. The second kappa shape index (κ2) is 12.2. The zero-order valence-corrected chi connectivity index (χ0v) is 18.9. The molecule has 168 valence electrons. The molecule has 0 aliphatic rings. The van der Waals surface area contributed by atoms with Gasteiger partial charge >= 0.3 is 7.12 Å². The van der Waals surface area contributed by atoms with Crippen molar-refractivity contribution in [1.29, 1.82) is 0 Å². The molecular formula is C26H32BNO4. The Labute approximate surface area is 191 Å². The van der Waals surface area contributed by atoms with Gasteiger partial charge in [-0.3, -0.25) is 0 Å². The van der Waals surface area contributed by atoms with E-state index in [2.05, 4.69) is 18.7 Å². The molecule has 0 atom stereocenters. The molecule has 0 aliphatic heterocycles. The summed E-state index contributed by atoms with van der Waals surface area (Å²) in [5.41, 5.74) is 3.32. The van der Waals surface area contributed by atoms with Crippen LogP contribution < -0.4 is 19.8 Å². The van der Waals surface area contributed by atoms with Gasteiger partial charge in [0.2, 0.25) is 0 Å². The maximum absolute atomic E-state index is 9.44. The second-order valence-electron chi connectivity index (χ2n) is 7.69. The molecule has 32 heavy (non-hydrogen) atoms. The van der Waals surface area contributed by atoms with Gasteiger partial charge in [-0.15, -0.1) is 0 Å². The van der Waals surface area contributed by atoms with Gasteiger partial charge in [-0.1, -0.05) is 38.8 Å². The Bertz CT molecular complexity index is 874. The fourth-order valence-corrected chi connectivity index (χ4v) is 3.29. The number of nitrogens with zero attached hydrogens (tertiary/aromatic N) is 1. The topological polar surface area (TPSA) is 62.2 Å². The zero-order valence-electron chi connectivity index (χ0n) is 18.9. The normalized spacial score (nSPS) is 10.6. The number of ether oxygens (including phenoxy) is 2. The van der Waals surface area contributed by atoms with Gasteiger partial charge in [0.15, 0.2) is 0 Å². The van der Waals surface area contributed by atoms with E-state index in [4.69, 9.17) is 9.47 Å². The van der Waals surface area contributed by atoms with Gasteiger partial charge in [-0.05, 0) is 79.0 Å². The summed E-state index contributed by atoms with van der Waals surface area (Å²) in [7, 11) is -1.49. The molecular weight excluding hydrogens is 401 g/mol. The zero-order chi connectivity index (χ0) is 22.8. The molecule has 2 N–H and O–H groups in total. The lowest BCUT2D eigenvalue weighted by Gasteiger charge is -2.26. The molecule has 5 nitrogen and oxygen atoms in total. The van der Waals surface area contributed by atoms with Crippen LogP contribution in [0.2, 0.25) is 0 Å². The predicted molar refractivity (Wildman–Crippen MR) is 132 cm³/mol. The Hall–Kier alpha value is -2.96. The molecule has 0 amide bonds. The van der Waals surface area contributed by atoms with Crippen LogP contribution in [0.4, 0.5) is 17.1 Å². The van der Waals surface area contributed by atoms with Gasteiger partial charge in [0.05, 0.1) is 13.2 Å². The fourth-order valence-electron chi connectivity index (χ4n) is 3.29. The Kier molecular flexibility index (Phi) is 9.02. The third-order valence-electron chi connectivity index (χ3n) is 5.17. The summed E-state index contributed by atoms with van der Waals surface area (Å²) >= 11 is 0. The van der Waals surface area contributed by atoms with Gasteiger partial charge in [0.1, 0.15) is 11.5 Å². The minimum Gasteiger partial charge on any atom is -0.494 e. The van der Waals surface area contributed by atoms with Gasteiger partial charge in [0, 0.05) is 17.1 Å². The van der Waals surface area contributed by atoms with E-state index in [-0.39, 0.29) is 0 Å². The average molecular weight is 433 g/mol. The van der Waals surface area contributed by atoms with E-state index < -0.39 is 7.12 Å². The molecule has 0 spiro atoms. The van der Waals surface area contributed by atoms with Crippen LogP contribution in [-0.2, 0) is 0 Å². The summed E-state index contributed by atoms with van der Waals surface area (Å²) in [5.74, 6) is 1.70. The summed E-state index contributed by atoms with van der Waals surface area (Å²) in [6.45, 7) is 5.71. The number of hydrogen-bond acceptors (Lipinski definition) is 5. The summed E-state index contributed by atoms with van der Waals surface area (Å²) in [6, 6.07) is 23.2. The first-order chi connectivity index (χ1) is 15.6. The van der Waals surface area contributed by atoms with Gasteiger partial charge in [-0.2, -0.15) is 0 Å². The van der Waals surface area contributed by atoms with Crippen LogP contribution in [0.25, 0.3) is 0 Å². The number of unbranched alkanes of at least 4 members (excludes halogenated alkanes) is 2. The van der Waals surface area contributed by atoms with Crippen molar-refractivity contribution in [3.63, 3.8) is 0 Å². The van der Waals surface area contributed by atoms with Crippen molar-refractivity contribution in [3.8, 4) is 11.5 Å². The molecule has 0 saturated carbocycles. The van der Waals surface area contributed by atoms with Crippen molar-refractivity contribution in [2.24, 2.45) is 0 Å². The van der Waals surface area contributed by atoms with Crippen LogP contribution in [0.3, 0.4) is 0 Å². The van der Waals surface area contributed by atoms with E-state index in [1.807, 2.05) is 60.7 Å². The molecule has 3 aromatic carbocycles. The molecule has 0 saturated heterocycles. The van der Waals surface area contributed by atoms with E-state index in [1.165, 1.54) is 0 Å². The maximum Gasteiger partial charge on any atom is 0.488 e. The summed E-state index contributed by atoms with van der Waals surface area (Å²) in [5, 5.41) is 18.9. The van der Waals surface area contributed by atoms with Crippen LogP contribution in [0.1, 0.15) is 39.5 Å². The average Bonchev–Trinajstić information content (AvgIpc) is 2.82. The minimum absolute atomic E-state index is 0.452. The molecule has 0 fully saturated rings. The summed E-state index contributed by atoms with van der Waals surface area (Å²) in [6.07, 6.45) is 4.26. The summed E-state index contributed by atoms with van der Waals surface area (Å²) < 4.78 is 11.6. The lowest BCUT2D eigenvalue weighted by Crippen LogP contribution is -2.29. The van der Waals surface area contributed by atoms with Crippen molar-refractivity contribution in [2.45, 2.75) is 39.5 Å². The quantitative estimate of drug-likeness (QED) is 0.304. The molecule has 0 unspecified atom stereocenters. The molecule has 0 aliphatic carbocycles. The molecule has 6 heteroatoms. The predicted octanol–water partition coefficient (Wildman–Crippen LogP) is 5.19. The van der Waals surface area contributed by atoms with E-state index in [0.29, 0.717) is 18.7 Å². The van der Waals surface area contributed by atoms with E-state index in [9.17, 15) is 10.0 Å². The van der Waals surface area contributed by atoms with Gasteiger partial charge in [0.25, 0.3) is 0 Å². The molecule has 3 rings (SSSR count). The highest BCUT2D eigenvalue weighted by Crippen LogP contribution is 2.35. The van der Waals surface area contributed by atoms with Crippen molar-refractivity contribution in [3.05, 3.63) is 72.8 Å². The van der Waals surface area contributed by atoms with Crippen molar-refractivity contribution in [1.82, 2.24) is 0 Å². The minimum atomic E-state index is -1.49. The van der Waals surface area contributed by atoms with Crippen molar-refractivity contribution < 1.29 is 19.5 Å². The van der Waals surface area contributed by atoms with Crippen LogP contribution in [0, 0.1) is 0 Å². The van der Waals surface area contributed by atoms with Crippen LogP contribution in [0.5, 0.6) is 11.5 Å². The number of hydrogen-bond donors (Lipinski definition) is 2. The largest absolute Gasteiger partial charge is 0.494 e. The Balaban J connectivity index is 1.87. The third-order valence-corrected chi connectivity index (χ3v) is 5.17. The molecule has 0 aromatic heterocycles. The fraction of sp³-hybridized carbons (Fsp3) is 0.308. The number of anilines is 3. The lowest BCUT2D eigenvalue weighted by atomic mass is 9.80. The van der Waals surface area contributed by atoms with Gasteiger partial charge in [-0.25, -0.2) is 0 Å². The molecule has 3 aromatic rings. The highest BCUT2D eigenvalue weighted by Gasteiger charge is 2.15. The van der Waals surface area contributed by atoms with Gasteiger partial charge < -0.3 is 24.4 Å². The molecule has 0 radical (unpaired) electrons. The highest BCUT2D eigenvalue weighted by atomic mass is 16.5. The Morgan fingerprint density at radius 1 is 0.625 bits per heavy atom. The SMILES string of the molecule is CCCCOc1ccc(N(c2ccc(OCCCC)cc2)c2ccc(B(O)O)cc2)cc1. The first-order valence-electron chi connectivity index (χ1n) is 11.3.